The van der Waals surface area contributed by atoms with Crippen LogP contribution in [-0.2, 0) is 6.54 Å². The van der Waals surface area contributed by atoms with E-state index in [1.807, 2.05) is 0 Å². The van der Waals surface area contributed by atoms with Crippen LogP contribution in [0.4, 0.5) is 8.78 Å². The van der Waals surface area contributed by atoms with Crippen LogP contribution in [0.5, 0.6) is 5.88 Å². The van der Waals surface area contributed by atoms with Gasteiger partial charge in [-0.3, -0.25) is 4.79 Å². The minimum absolute atomic E-state index is 0.0212. The maximum atomic E-state index is 12.5. The van der Waals surface area contributed by atoms with E-state index in [4.69, 9.17) is 10.5 Å². The van der Waals surface area contributed by atoms with Gasteiger partial charge < -0.3 is 10.5 Å². The fourth-order valence-electron chi connectivity index (χ4n) is 1.18. The number of carbonyl (C=O) groups is 1. The molecule has 15 heavy (non-hydrogen) atoms. The lowest BCUT2D eigenvalue weighted by Crippen LogP contribution is -2.08. The maximum Gasteiger partial charge on any atom is 0.281 e. The van der Waals surface area contributed by atoms with Crippen molar-refractivity contribution in [2.75, 3.05) is 7.11 Å². The molecule has 1 aromatic heterocycles. The standard InChI is InChI=1S/C9H10F2N2O2/c1-15-7-2-5(3-12)6(4-14)8(13-7)9(10)11/h2,4,9H,3,12H2,1H3. The van der Waals surface area contributed by atoms with E-state index < -0.39 is 12.1 Å². The van der Waals surface area contributed by atoms with Crippen molar-refractivity contribution in [3.05, 3.63) is 22.9 Å². The predicted octanol–water partition coefficient (Wildman–Crippen LogP) is 1.30. The summed E-state index contributed by atoms with van der Waals surface area (Å²) in [5, 5.41) is 0. The number of hydrogen-bond acceptors (Lipinski definition) is 4. The largest absolute Gasteiger partial charge is 0.481 e. The van der Waals surface area contributed by atoms with Gasteiger partial charge in [0, 0.05) is 18.2 Å². The van der Waals surface area contributed by atoms with Crippen molar-refractivity contribution in [2.24, 2.45) is 5.73 Å². The number of hydrogen-bond donors (Lipinski definition) is 1. The van der Waals surface area contributed by atoms with Gasteiger partial charge in [0.15, 0.2) is 6.29 Å². The average molecular weight is 216 g/mol. The van der Waals surface area contributed by atoms with Gasteiger partial charge in [0.05, 0.1) is 7.11 Å². The molecule has 0 spiro atoms. The van der Waals surface area contributed by atoms with Gasteiger partial charge in [-0.05, 0) is 5.56 Å². The van der Waals surface area contributed by atoms with Crippen molar-refractivity contribution in [2.45, 2.75) is 13.0 Å². The van der Waals surface area contributed by atoms with E-state index in [-0.39, 0.29) is 18.0 Å². The van der Waals surface area contributed by atoms with Crippen molar-refractivity contribution in [1.82, 2.24) is 4.98 Å². The molecule has 1 aromatic rings. The van der Waals surface area contributed by atoms with Gasteiger partial charge in [-0.2, -0.15) is 0 Å². The zero-order valence-electron chi connectivity index (χ0n) is 8.04. The first-order valence-electron chi connectivity index (χ1n) is 4.15. The minimum Gasteiger partial charge on any atom is -0.481 e. The molecule has 0 saturated carbocycles. The molecule has 0 aliphatic heterocycles. The number of alkyl halides is 2. The third-order valence-electron chi connectivity index (χ3n) is 1.90. The molecule has 0 radical (unpaired) electrons. The first-order valence-corrected chi connectivity index (χ1v) is 4.15. The Morgan fingerprint density at radius 1 is 1.67 bits per heavy atom. The molecule has 0 aliphatic carbocycles. The van der Waals surface area contributed by atoms with Crippen LogP contribution in [0.3, 0.4) is 0 Å². The average Bonchev–Trinajstić information content (AvgIpc) is 2.26. The van der Waals surface area contributed by atoms with Crippen LogP contribution >= 0.6 is 0 Å². The number of halogens is 2. The molecule has 0 aliphatic rings. The molecule has 0 bridgehead atoms. The second-order valence-corrected chi connectivity index (χ2v) is 2.75. The lowest BCUT2D eigenvalue weighted by molar-refractivity contribution is 0.110. The molecule has 0 unspecified atom stereocenters. The molecule has 1 rings (SSSR count). The summed E-state index contributed by atoms with van der Waals surface area (Å²) in [5.74, 6) is 0.0244. The van der Waals surface area contributed by atoms with Crippen LogP contribution in [0.25, 0.3) is 0 Å². The Hall–Kier alpha value is -1.56. The van der Waals surface area contributed by atoms with E-state index in [1.165, 1.54) is 13.2 Å². The van der Waals surface area contributed by atoms with E-state index >= 15 is 0 Å². The fourth-order valence-corrected chi connectivity index (χ4v) is 1.18. The lowest BCUT2D eigenvalue weighted by Gasteiger charge is -2.09. The number of ether oxygens (including phenoxy) is 1. The van der Waals surface area contributed by atoms with E-state index in [2.05, 4.69) is 4.98 Å². The van der Waals surface area contributed by atoms with Crippen LogP contribution in [-0.4, -0.2) is 18.4 Å². The zero-order valence-corrected chi connectivity index (χ0v) is 8.04. The number of nitrogens with two attached hydrogens (primary N) is 1. The number of aldehydes is 1. The van der Waals surface area contributed by atoms with Crippen LogP contribution < -0.4 is 10.5 Å². The lowest BCUT2D eigenvalue weighted by atomic mass is 10.1. The third-order valence-corrected chi connectivity index (χ3v) is 1.90. The fraction of sp³-hybridized carbons (Fsp3) is 0.333. The van der Waals surface area contributed by atoms with E-state index in [0.717, 1.165) is 0 Å². The Morgan fingerprint density at radius 2 is 2.33 bits per heavy atom. The molecule has 82 valence electrons. The van der Waals surface area contributed by atoms with Crippen LogP contribution in [0.2, 0.25) is 0 Å². The van der Waals surface area contributed by atoms with Crippen molar-refractivity contribution < 1.29 is 18.3 Å². The summed E-state index contributed by atoms with van der Waals surface area (Å²) in [6.07, 6.45) is -2.50. The zero-order chi connectivity index (χ0) is 11.4. The van der Waals surface area contributed by atoms with Gasteiger partial charge in [-0.1, -0.05) is 0 Å². The summed E-state index contributed by atoms with van der Waals surface area (Å²) in [4.78, 5) is 14.2. The van der Waals surface area contributed by atoms with E-state index in [1.54, 1.807) is 0 Å². The molecule has 0 amide bonds. The SMILES string of the molecule is COc1cc(CN)c(C=O)c(C(F)F)n1. The Labute approximate surface area is 85.1 Å². The van der Waals surface area contributed by atoms with Crippen molar-refractivity contribution in [3.63, 3.8) is 0 Å². The smallest absolute Gasteiger partial charge is 0.281 e. The Balaban J connectivity index is 3.38. The van der Waals surface area contributed by atoms with Gasteiger partial charge in [0.25, 0.3) is 6.43 Å². The van der Waals surface area contributed by atoms with Gasteiger partial charge in [-0.25, -0.2) is 13.8 Å². The molecular formula is C9H10F2N2O2. The monoisotopic (exact) mass is 216 g/mol. The summed E-state index contributed by atoms with van der Waals surface area (Å²) in [5.41, 5.74) is 4.88. The molecule has 1 heterocycles. The molecule has 0 atom stereocenters. The molecule has 4 nitrogen and oxygen atoms in total. The van der Waals surface area contributed by atoms with Crippen LogP contribution in [0.15, 0.2) is 6.07 Å². The normalized spacial score (nSPS) is 10.5. The summed E-state index contributed by atoms with van der Waals surface area (Å²) in [6.45, 7) is -0.0212. The van der Waals surface area contributed by atoms with E-state index in [0.29, 0.717) is 11.8 Å². The maximum absolute atomic E-state index is 12.5. The van der Waals surface area contributed by atoms with Crippen molar-refractivity contribution >= 4 is 6.29 Å². The number of aromatic nitrogens is 1. The molecule has 0 saturated heterocycles. The van der Waals surface area contributed by atoms with Gasteiger partial charge >= 0.3 is 0 Å². The Morgan fingerprint density at radius 3 is 2.73 bits per heavy atom. The highest BCUT2D eigenvalue weighted by atomic mass is 19.3. The molecule has 2 N–H and O–H groups in total. The first kappa shape index (κ1) is 11.5. The minimum atomic E-state index is -2.83. The summed E-state index contributed by atoms with van der Waals surface area (Å²) in [7, 11) is 1.30. The van der Waals surface area contributed by atoms with Gasteiger partial charge in [0.2, 0.25) is 5.88 Å². The second kappa shape index (κ2) is 4.79. The highest BCUT2D eigenvalue weighted by Crippen LogP contribution is 2.25. The third kappa shape index (κ3) is 2.27. The van der Waals surface area contributed by atoms with Crippen LogP contribution in [0.1, 0.15) is 28.0 Å². The summed E-state index contributed by atoms with van der Waals surface area (Å²) in [6, 6.07) is 1.37. The van der Waals surface area contributed by atoms with Crippen LogP contribution in [0, 0.1) is 0 Å². The predicted molar refractivity (Wildman–Crippen MR) is 49.0 cm³/mol. The highest BCUT2D eigenvalue weighted by Gasteiger charge is 2.19. The summed E-state index contributed by atoms with van der Waals surface area (Å²) < 4.78 is 29.8. The second-order valence-electron chi connectivity index (χ2n) is 2.75. The first-order chi connectivity index (χ1) is 7.13. The Kier molecular flexibility index (Phi) is 3.68. The number of nitrogens with zero attached hydrogens (tertiary/aromatic N) is 1. The number of methoxy groups -OCH3 is 1. The topological polar surface area (TPSA) is 65.2 Å². The molecular weight excluding hydrogens is 206 g/mol. The van der Waals surface area contributed by atoms with Crippen molar-refractivity contribution in [3.8, 4) is 5.88 Å². The molecule has 0 fully saturated rings. The van der Waals surface area contributed by atoms with Crippen molar-refractivity contribution in [1.29, 1.82) is 0 Å². The molecule has 0 aromatic carbocycles. The number of pyridine rings is 1. The number of carbonyl (C=O) groups excluding carboxylic acids is 1. The van der Waals surface area contributed by atoms with Gasteiger partial charge in [0.1, 0.15) is 5.69 Å². The summed E-state index contributed by atoms with van der Waals surface area (Å²) >= 11 is 0. The molecule has 6 heteroatoms. The highest BCUT2D eigenvalue weighted by molar-refractivity contribution is 5.79. The van der Waals surface area contributed by atoms with E-state index in [9.17, 15) is 13.6 Å². The Bertz CT molecular complexity index is 369. The number of rotatable bonds is 4. The van der Waals surface area contributed by atoms with Gasteiger partial charge in [-0.15, -0.1) is 0 Å². The quantitative estimate of drug-likeness (QED) is 0.770.